The lowest BCUT2D eigenvalue weighted by Gasteiger charge is -2.29. The Labute approximate surface area is 108 Å². The van der Waals surface area contributed by atoms with E-state index in [-0.39, 0.29) is 5.91 Å². The van der Waals surface area contributed by atoms with Gasteiger partial charge in [0.1, 0.15) is 0 Å². The Balaban J connectivity index is 1.87. The Hall–Kier alpha value is -1.55. The molecule has 98 valence electrons. The Morgan fingerprint density at radius 3 is 3.00 bits per heavy atom. The predicted octanol–water partition coefficient (Wildman–Crippen LogP) is 1.34. The minimum atomic E-state index is -0.0682. The van der Waals surface area contributed by atoms with Crippen molar-refractivity contribution >= 4 is 11.6 Å². The first-order chi connectivity index (χ1) is 8.66. The number of anilines is 1. The highest BCUT2D eigenvalue weighted by Gasteiger charge is 2.18. The first-order valence-corrected chi connectivity index (χ1v) is 6.48. The number of nitrogens with two attached hydrogens (primary N) is 1. The molecule has 1 aliphatic rings. The van der Waals surface area contributed by atoms with Crippen LogP contribution in [0.4, 0.5) is 5.69 Å². The Morgan fingerprint density at radius 1 is 1.50 bits per heavy atom. The van der Waals surface area contributed by atoms with Gasteiger partial charge in [-0.2, -0.15) is 0 Å². The number of likely N-dealkylation sites (tertiary alicyclic amines) is 1. The minimum absolute atomic E-state index is 0.0682. The zero-order valence-electron chi connectivity index (χ0n) is 10.9. The summed E-state index contributed by atoms with van der Waals surface area (Å²) in [6, 6.07) is 7.18. The van der Waals surface area contributed by atoms with Gasteiger partial charge < -0.3 is 16.0 Å². The van der Waals surface area contributed by atoms with Gasteiger partial charge in [-0.05, 0) is 44.5 Å². The number of carbonyl (C=O) groups excluding carboxylic acids is 1. The largest absolute Gasteiger partial charge is 0.398 e. The normalized spacial score (nSPS) is 20.6. The van der Waals surface area contributed by atoms with Crippen molar-refractivity contribution in [3.63, 3.8) is 0 Å². The average Bonchev–Trinajstić information content (AvgIpc) is 2.37. The van der Waals surface area contributed by atoms with E-state index in [4.69, 9.17) is 5.73 Å². The fourth-order valence-electron chi connectivity index (χ4n) is 2.48. The molecule has 0 aromatic heterocycles. The molecule has 1 heterocycles. The highest BCUT2D eigenvalue weighted by molar-refractivity contribution is 5.99. The van der Waals surface area contributed by atoms with E-state index in [1.165, 1.54) is 12.8 Å². The molecule has 1 aromatic carbocycles. The van der Waals surface area contributed by atoms with Crippen LogP contribution in [0.3, 0.4) is 0 Å². The monoisotopic (exact) mass is 247 g/mol. The highest BCUT2D eigenvalue weighted by atomic mass is 16.1. The fourth-order valence-corrected chi connectivity index (χ4v) is 2.48. The van der Waals surface area contributed by atoms with Crippen molar-refractivity contribution in [3.8, 4) is 0 Å². The summed E-state index contributed by atoms with van der Waals surface area (Å²) in [6.07, 6.45) is 2.40. The number of piperidine rings is 1. The summed E-state index contributed by atoms with van der Waals surface area (Å²) in [5.41, 5.74) is 6.89. The molecule has 1 atom stereocenters. The maximum Gasteiger partial charge on any atom is 0.253 e. The fraction of sp³-hybridized carbons (Fsp3) is 0.500. The van der Waals surface area contributed by atoms with E-state index < -0.39 is 0 Å². The van der Waals surface area contributed by atoms with E-state index >= 15 is 0 Å². The van der Waals surface area contributed by atoms with Crippen LogP contribution < -0.4 is 11.1 Å². The second-order valence-electron chi connectivity index (χ2n) is 5.07. The molecule has 1 fully saturated rings. The van der Waals surface area contributed by atoms with Gasteiger partial charge >= 0.3 is 0 Å². The van der Waals surface area contributed by atoms with E-state index in [1.807, 2.05) is 12.1 Å². The van der Waals surface area contributed by atoms with Crippen molar-refractivity contribution in [2.24, 2.45) is 5.92 Å². The SMILES string of the molecule is CN1CCCC(CNC(=O)c2ccccc2N)C1. The number of rotatable bonds is 3. The number of amides is 1. The zero-order chi connectivity index (χ0) is 13.0. The molecule has 4 heteroatoms. The van der Waals surface area contributed by atoms with Crippen LogP contribution in [0.1, 0.15) is 23.2 Å². The number of carbonyl (C=O) groups is 1. The van der Waals surface area contributed by atoms with E-state index in [0.29, 0.717) is 17.2 Å². The summed E-state index contributed by atoms with van der Waals surface area (Å²) in [5, 5.41) is 2.98. The Morgan fingerprint density at radius 2 is 2.28 bits per heavy atom. The minimum Gasteiger partial charge on any atom is -0.398 e. The maximum absolute atomic E-state index is 12.0. The third kappa shape index (κ3) is 3.23. The number of nitrogens with one attached hydrogen (secondary N) is 1. The molecular weight excluding hydrogens is 226 g/mol. The third-order valence-corrected chi connectivity index (χ3v) is 3.48. The molecule has 0 saturated carbocycles. The van der Waals surface area contributed by atoms with Crippen molar-refractivity contribution in [3.05, 3.63) is 29.8 Å². The van der Waals surface area contributed by atoms with Gasteiger partial charge in [-0.25, -0.2) is 0 Å². The predicted molar refractivity (Wildman–Crippen MR) is 73.4 cm³/mol. The van der Waals surface area contributed by atoms with Gasteiger partial charge in [0.25, 0.3) is 5.91 Å². The summed E-state index contributed by atoms with van der Waals surface area (Å²) in [4.78, 5) is 14.3. The van der Waals surface area contributed by atoms with Crippen molar-refractivity contribution in [1.82, 2.24) is 10.2 Å². The van der Waals surface area contributed by atoms with Crippen molar-refractivity contribution < 1.29 is 4.79 Å². The van der Waals surface area contributed by atoms with Crippen LogP contribution in [-0.2, 0) is 0 Å². The molecule has 0 aliphatic carbocycles. The molecule has 0 radical (unpaired) electrons. The molecule has 1 amide bonds. The van der Waals surface area contributed by atoms with E-state index in [9.17, 15) is 4.79 Å². The highest BCUT2D eigenvalue weighted by Crippen LogP contribution is 2.15. The first-order valence-electron chi connectivity index (χ1n) is 6.48. The number of para-hydroxylation sites is 1. The van der Waals surface area contributed by atoms with Gasteiger partial charge in [0.15, 0.2) is 0 Å². The Kier molecular flexibility index (Phi) is 4.20. The van der Waals surface area contributed by atoms with Gasteiger partial charge in [0.2, 0.25) is 0 Å². The summed E-state index contributed by atoms with van der Waals surface area (Å²) < 4.78 is 0. The quantitative estimate of drug-likeness (QED) is 0.792. The molecule has 1 aliphatic heterocycles. The topological polar surface area (TPSA) is 58.4 Å². The van der Waals surface area contributed by atoms with E-state index in [1.54, 1.807) is 12.1 Å². The van der Waals surface area contributed by atoms with Crippen LogP contribution in [0.2, 0.25) is 0 Å². The lowest BCUT2D eigenvalue weighted by Crippen LogP contribution is -2.39. The number of hydrogen-bond acceptors (Lipinski definition) is 3. The number of nitrogen functional groups attached to an aromatic ring is 1. The average molecular weight is 247 g/mol. The van der Waals surface area contributed by atoms with Crippen LogP contribution in [0.25, 0.3) is 0 Å². The number of nitrogens with zero attached hydrogens (tertiary/aromatic N) is 1. The lowest BCUT2D eigenvalue weighted by atomic mass is 9.98. The first kappa shape index (κ1) is 12.9. The van der Waals surface area contributed by atoms with Crippen LogP contribution >= 0.6 is 0 Å². The standard InChI is InChI=1S/C14H21N3O/c1-17-8-4-5-11(10-17)9-16-14(18)12-6-2-3-7-13(12)15/h2-3,6-7,11H,4-5,8-10,15H2,1H3,(H,16,18). The summed E-state index contributed by atoms with van der Waals surface area (Å²) in [6.45, 7) is 2.96. The van der Waals surface area contributed by atoms with Gasteiger partial charge in [-0.3, -0.25) is 4.79 Å². The van der Waals surface area contributed by atoms with Crippen LogP contribution in [-0.4, -0.2) is 37.5 Å². The van der Waals surface area contributed by atoms with Gasteiger partial charge in [0.05, 0.1) is 5.56 Å². The molecule has 0 spiro atoms. The molecule has 18 heavy (non-hydrogen) atoms. The third-order valence-electron chi connectivity index (χ3n) is 3.48. The smallest absolute Gasteiger partial charge is 0.253 e. The van der Waals surface area contributed by atoms with Gasteiger partial charge in [0, 0.05) is 18.8 Å². The van der Waals surface area contributed by atoms with Crippen molar-refractivity contribution in [2.75, 3.05) is 32.4 Å². The summed E-state index contributed by atoms with van der Waals surface area (Å²) >= 11 is 0. The zero-order valence-corrected chi connectivity index (χ0v) is 10.9. The lowest BCUT2D eigenvalue weighted by molar-refractivity contribution is 0.0937. The maximum atomic E-state index is 12.0. The molecule has 2 rings (SSSR count). The van der Waals surface area contributed by atoms with E-state index in [2.05, 4.69) is 17.3 Å². The van der Waals surface area contributed by atoms with Gasteiger partial charge in [-0.15, -0.1) is 0 Å². The molecule has 4 nitrogen and oxygen atoms in total. The van der Waals surface area contributed by atoms with Crippen molar-refractivity contribution in [1.29, 1.82) is 0 Å². The summed E-state index contributed by atoms with van der Waals surface area (Å²) in [7, 11) is 2.13. The molecular formula is C14H21N3O. The molecule has 1 unspecified atom stereocenters. The number of benzene rings is 1. The molecule has 1 saturated heterocycles. The molecule has 0 bridgehead atoms. The Bertz CT molecular complexity index is 419. The summed E-state index contributed by atoms with van der Waals surface area (Å²) in [5.74, 6) is 0.485. The second kappa shape index (κ2) is 5.87. The van der Waals surface area contributed by atoms with E-state index in [0.717, 1.165) is 19.6 Å². The second-order valence-corrected chi connectivity index (χ2v) is 5.07. The molecule has 1 aromatic rings. The van der Waals surface area contributed by atoms with Crippen LogP contribution in [0.5, 0.6) is 0 Å². The van der Waals surface area contributed by atoms with Crippen LogP contribution in [0.15, 0.2) is 24.3 Å². The van der Waals surface area contributed by atoms with Crippen molar-refractivity contribution in [2.45, 2.75) is 12.8 Å². The molecule has 3 N–H and O–H groups in total. The van der Waals surface area contributed by atoms with Gasteiger partial charge in [-0.1, -0.05) is 12.1 Å². The number of hydrogen-bond donors (Lipinski definition) is 2. The van der Waals surface area contributed by atoms with Crippen LogP contribution in [0, 0.1) is 5.92 Å².